The minimum Gasteiger partial charge on any atom is -0.410 e. The highest BCUT2D eigenvalue weighted by Gasteiger charge is 2.20. The minimum absolute atomic E-state index is 0.0201. The zero-order valence-electron chi connectivity index (χ0n) is 10.9. The number of carbonyl (C=O) groups excluding carboxylic acids is 1. The summed E-state index contributed by atoms with van der Waals surface area (Å²) in [5.41, 5.74) is 6.09. The summed E-state index contributed by atoms with van der Waals surface area (Å²) >= 11 is 0. The lowest BCUT2D eigenvalue weighted by molar-refractivity contribution is 0.192. The van der Waals surface area contributed by atoms with Crippen LogP contribution in [0.1, 0.15) is 25.7 Å². The molecule has 0 fully saturated rings. The summed E-state index contributed by atoms with van der Waals surface area (Å²) in [5.74, 6) is 0.541. The van der Waals surface area contributed by atoms with Crippen molar-refractivity contribution in [2.45, 2.75) is 37.8 Å². The van der Waals surface area contributed by atoms with E-state index in [-0.39, 0.29) is 12.1 Å². The molecular formula is C15H20N2O2. The topological polar surface area (TPSA) is 64.3 Å². The van der Waals surface area contributed by atoms with Crippen molar-refractivity contribution >= 4 is 6.09 Å². The highest BCUT2D eigenvalue weighted by atomic mass is 16.6. The standard InChI is InChI=1S/C15H20N2O2/c16-13-10-6-1-2-7-11-14(13)17-15(18)19-12-8-4-3-5-9-12/h1-5,8-9,13-14H,6-7,10-11,16H2,(H,17,18)/b2-1-. The predicted molar refractivity (Wildman–Crippen MR) is 75.0 cm³/mol. The molecular weight excluding hydrogens is 240 g/mol. The molecule has 0 bridgehead atoms. The van der Waals surface area contributed by atoms with Crippen molar-refractivity contribution in [3.63, 3.8) is 0 Å². The zero-order valence-corrected chi connectivity index (χ0v) is 10.9. The summed E-state index contributed by atoms with van der Waals surface area (Å²) in [5, 5.41) is 2.86. The Balaban J connectivity index is 1.88. The predicted octanol–water partition coefficient (Wildman–Crippen LogP) is 2.60. The molecule has 3 N–H and O–H groups in total. The minimum atomic E-state index is -0.434. The average Bonchev–Trinajstić information content (AvgIpc) is 2.40. The van der Waals surface area contributed by atoms with Gasteiger partial charge in [-0.15, -0.1) is 0 Å². The highest BCUT2D eigenvalue weighted by molar-refractivity contribution is 5.70. The fourth-order valence-corrected chi connectivity index (χ4v) is 2.17. The molecule has 1 amide bonds. The molecule has 102 valence electrons. The van der Waals surface area contributed by atoms with Gasteiger partial charge in [-0.3, -0.25) is 0 Å². The van der Waals surface area contributed by atoms with Crippen LogP contribution in [0.4, 0.5) is 4.79 Å². The number of allylic oxidation sites excluding steroid dienone is 2. The Hall–Kier alpha value is -1.81. The molecule has 1 aromatic carbocycles. The number of ether oxygens (including phenoxy) is 1. The summed E-state index contributed by atoms with van der Waals surface area (Å²) in [6.45, 7) is 0. The van der Waals surface area contributed by atoms with Crippen LogP contribution in [0.15, 0.2) is 42.5 Å². The molecule has 2 atom stereocenters. The van der Waals surface area contributed by atoms with Crippen molar-refractivity contribution in [3.05, 3.63) is 42.5 Å². The van der Waals surface area contributed by atoms with Gasteiger partial charge >= 0.3 is 6.09 Å². The number of benzene rings is 1. The van der Waals surface area contributed by atoms with Crippen LogP contribution in [0.25, 0.3) is 0 Å². The van der Waals surface area contributed by atoms with E-state index in [0.717, 1.165) is 25.7 Å². The first-order valence-electron chi connectivity index (χ1n) is 6.69. The van der Waals surface area contributed by atoms with Gasteiger partial charge in [0.25, 0.3) is 0 Å². The van der Waals surface area contributed by atoms with E-state index in [1.165, 1.54) is 0 Å². The third-order valence-corrected chi connectivity index (χ3v) is 3.25. The van der Waals surface area contributed by atoms with E-state index in [2.05, 4.69) is 17.5 Å². The lowest BCUT2D eigenvalue weighted by Crippen LogP contribution is -2.48. The summed E-state index contributed by atoms with van der Waals surface area (Å²) in [4.78, 5) is 11.8. The molecule has 0 aromatic heterocycles. The van der Waals surface area contributed by atoms with Crippen molar-refractivity contribution < 1.29 is 9.53 Å². The molecule has 1 aromatic rings. The fourth-order valence-electron chi connectivity index (χ4n) is 2.17. The zero-order chi connectivity index (χ0) is 13.5. The number of rotatable bonds is 2. The first kappa shape index (κ1) is 13.6. The normalized spacial score (nSPS) is 24.9. The average molecular weight is 260 g/mol. The van der Waals surface area contributed by atoms with Crippen molar-refractivity contribution in [2.24, 2.45) is 5.73 Å². The second kappa shape index (κ2) is 6.95. The van der Waals surface area contributed by atoms with E-state index < -0.39 is 6.09 Å². The number of nitrogens with one attached hydrogen (secondary N) is 1. The van der Waals surface area contributed by atoms with Gasteiger partial charge in [-0.25, -0.2) is 4.79 Å². The first-order valence-corrected chi connectivity index (χ1v) is 6.69. The Morgan fingerprint density at radius 3 is 2.58 bits per heavy atom. The summed E-state index contributed by atoms with van der Waals surface area (Å²) < 4.78 is 5.21. The molecule has 2 rings (SSSR count). The molecule has 0 aliphatic heterocycles. The van der Waals surface area contributed by atoms with Crippen molar-refractivity contribution in [1.82, 2.24) is 5.32 Å². The van der Waals surface area contributed by atoms with Crippen LogP contribution in [-0.4, -0.2) is 18.2 Å². The van der Waals surface area contributed by atoms with E-state index in [4.69, 9.17) is 10.5 Å². The molecule has 0 saturated heterocycles. The van der Waals surface area contributed by atoms with Crippen LogP contribution in [0.2, 0.25) is 0 Å². The van der Waals surface area contributed by atoms with Crippen molar-refractivity contribution in [2.75, 3.05) is 0 Å². The van der Waals surface area contributed by atoms with Gasteiger partial charge in [0.05, 0.1) is 0 Å². The van der Waals surface area contributed by atoms with Crippen molar-refractivity contribution in [3.8, 4) is 5.75 Å². The fraction of sp³-hybridized carbons (Fsp3) is 0.400. The molecule has 0 heterocycles. The molecule has 1 aliphatic rings. The van der Waals surface area contributed by atoms with Gasteiger partial charge in [0, 0.05) is 12.1 Å². The van der Waals surface area contributed by atoms with Gasteiger partial charge in [-0.1, -0.05) is 30.4 Å². The molecule has 1 aliphatic carbocycles. The Kier molecular flexibility index (Phi) is 4.98. The van der Waals surface area contributed by atoms with Crippen LogP contribution in [0.3, 0.4) is 0 Å². The van der Waals surface area contributed by atoms with E-state index in [0.29, 0.717) is 5.75 Å². The molecule has 4 heteroatoms. The molecule has 19 heavy (non-hydrogen) atoms. The van der Waals surface area contributed by atoms with Gasteiger partial charge in [-0.05, 0) is 37.8 Å². The maximum Gasteiger partial charge on any atom is 0.412 e. The van der Waals surface area contributed by atoms with Crippen LogP contribution in [0, 0.1) is 0 Å². The largest absolute Gasteiger partial charge is 0.412 e. The molecule has 0 spiro atoms. The SMILES string of the molecule is NC1CC/C=C\CCC1NC(=O)Oc1ccccc1. The highest BCUT2D eigenvalue weighted by Crippen LogP contribution is 2.13. The first-order chi connectivity index (χ1) is 9.25. The smallest absolute Gasteiger partial charge is 0.410 e. The Labute approximate surface area is 113 Å². The quantitative estimate of drug-likeness (QED) is 0.803. The van der Waals surface area contributed by atoms with Crippen LogP contribution < -0.4 is 15.8 Å². The van der Waals surface area contributed by atoms with Crippen LogP contribution in [0.5, 0.6) is 5.75 Å². The maximum absolute atomic E-state index is 11.8. The molecule has 0 saturated carbocycles. The van der Waals surface area contributed by atoms with Gasteiger partial charge in [0.2, 0.25) is 0 Å². The summed E-state index contributed by atoms with van der Waals surface area (Å²) in [6.07, 6.45) is 7.49. The number of hydrogen-bond acceptors (Lipinski definition) is 3. The van der Waals surface area contributed by atoms with Crippen LogP contribution in [-0.2, 0) is 0 Å². The summed E-state index contributed by atoms with van der Waals surface area (Å²) in [7, 11) is 0. The lowest BCUT2D eigenvalue weighted by atomic mass is 9.96. The number of para-hydroxylation sites is 1. The monoisotopic (exact) mass is 260 g/mol. The number of hydrogen-bond donors (Lipinski definition) is 2. The third kappa shape index (κ3) is 4.41. The van der Waals surface area contributed by atoms with Gasteiger partial charge < -0.3 is 15.8 Å². The second-order valence-corrected chi connectivity index (χ2v) is 4.74. The Morgan fingerprint density at radius 2 is 1.84 bits per heavy atom. The van der Waals surface area contributed by atoms with Crippen molar-refractivity contribution in [1.29, 1.82) is 0 Å². The molecule has 0 radical (unpaired) electrons. The van der Waals surface area contributed by atoms with E-state index in [1.807, 2.05) is 18.2 Å². The van der Waals surface area contributed by atoms with E-state index in [1.54, 1.807) is 12.1 Å². The number of amides is 1. The Morgan fingerprint density at radius 1 is 1.16 bits per heavy atom. The van der Waals surface area contributed by atoms with Gasteiger partial charge in [0.15, 0.2) is 0 Å². The Bertz CT molecular complexity index is 431. The number of carbonyl (C=O) groups is 1. The summed E-state index contributed by atoms with van der Waals surface area (Å²) in [6, 6.07) is 8.99. The third-order valence-electron chi connectivity index (χ3n) is 3.25. The maximum atomic E-state index is 11.8. The van der Waals surface area contributed by atoms with Crippen LogP contribution >= 0.6 is 0 Å². The van der Waals surface area contributed by atoms with E-state index >= 15 is 0 Å². The lowest BCUT2D eigenvalue weighted by Gasteiger charge is -2.25. The van der Waals surface area contributed by atoms with E-state index in [9.17, 15) is 4.79 Å². The number of nitrogens with two attached hydrogens (primary N) is 1. The molecule has 2 unspecified atom stereocenters. The van der Waals surface area contributed by atoms with Gasteiger partial charge in [0.1, 0.15) is 5.75 Å². The van der Waals surface area contributed by atoms with Gasteiger partial charge in [-0.2, -0.15) is 0 Å². The molecule has 4 nitrogen and oxygen atoms in total. The second-order valence-electron chi connectivity index (χ2n) is 4.74.